The topological polar surface area (TPSA) is 50.5 Å². The van der Waals surface area contributed by atoms with Crippen molar-refractivity contribution in [3.05, 3.63) is 77.8 Å². The Bertz CT molecular complexity index is 1030. The molecular formula is C24H25N3O2S2. The van der Waals surface area contributed by atoms with Gasteiger partial charge in [0.2, 0.25) is 0 Å². The van der Waals surface area contributed by atoms with E-state index in [0.717, 1.165) is 52.5 Å². The lowest BCUT2D eigenvalue weighted by Crippen LogP contribution is -2.36. The van der Waals surface area contributed by atoms with Gasteiger partial charge in [0.25, 0.3) is 0 Å². The lowest BCUT2D eigenvalue weighted by atomic mass is 10.0. The van der Waals surface area contributed by atoms with Gasteiger partial charge in [0.15, 0.2) is 10.2 Å². The quantitative estimate of drug-likeness (QED) is 0.511. The Hall–Kier alpha value is -2.35. The van der Waals surface area contributed by atoms with Crippen molar-refractivity contribution in [2.24, 2.45) is 0 Å². The van der Waals surface area contributed by atoms with Crippen LogP contribution in [0.25, 0.3) is 0 Å². The average molecular weight is 452 g/mol. The van der Waals surface area contributed by atoms with Crippen LogP contribution in [0.3, 0.4) is 0 Å². The molecule has 5 rings (SSSR count). The third-order valence-electron chi connectivity index (χ3n) is 5.76. The lowest BCUT2D eigenvalue weighted by Gasteiger charge is -2.28. The molecule has 31 heavy (non-hydrogen) atoms. The summed E-state index contributed by atoms with van der Waals surface area (Å²) in [7, 11) is 0. The maximum Gasteiger partial charge on any atom is 0.170 e. The fraction of sp³-hybridized carbons (Fsp3) is 0.333. The van der Waals surface area contributed by atoms with Crippen LogP contribution in [0.4, 0.5) is 0 Å². The Morgan fingerprint density at radius 1 is 1.16 bits per heavy atom. The van der Waals surface area contributed by atoms with Gasteiger partial charge in [-0.25, -0.2) is 0 Å². The number of furan rings is 1. The maximum atomic E-state index is 6.35. The minimum atomic E-state index is -0.0709. The van der Waals surface area contributed by atoms with Crippen LogP contribution in [0.5, 0.6) is 0 Å². The van der Waals surface area contributed by atoms with E-state index in [9.17, 15) is 0 Å². The first-order valence-electron chi connectivity index (χ1n) is 10.6. The number of ether oxygens (including phenoxy) is 1. The summed E-state index contributed by atoms with van der Waals surface area (Å²) in [5, 5.41) is 5.07. The monoisotopic (exact) mass is 451 g/mol. The van der Waals surface area contributed by atoms with Crippen molar-refractivity contribution in [3.63, 3.8) is 0 Å². The van der Waals surface area contributed by atoms with Crippen molar-refractivity contribution in [1.29, 1.82) is 0 Å². The van der Waals surface area contributed by atoms with E-state index in [1.165, 1.54) is 5.56 Å². The van der Waals surface area contributed by atoms with Gasteiger partial charge in [-0.15, -0.1) is 0 Å². The molecule has 3 aromatic rings. The molecule has 0 bridgehead atoms. The van der Waals surface area contributed by atoms with E-state index in [1.807, 2.05) is 30.5 Å². The maximum absolute atomic E-state index is 6.35. The number of hydrogen-bond donors (Lipinski definition) is 1. The van der Waals surface area contributed by atoms with Gasteiger partial charge >= 0.3 is 0 Å². The number of thiocarbonyl (C=S) groups is 1. The number of hydrogen-bond acceptors (Lipinski definition) is 5. The number of aryl methyl sites for hydroxylation is 1. The number of pyridine rings is 1. The van der Waals surface area contributed by atoms with Crippen molar-refractivity contribution in [2.75, 3.05) is 13.2 Å². The number of benzene rings is 1. The Morgan fingerprint density at radius 3 is 2.77 bits per heavy atom. The molecule has 1 N–H and O–H groups in total. The number of aromatic nitrogens is 1. The molecule has 5 nitrogen and oxygen atoms in total. The number of rotatable bonds is 6. The molecule has 2 aromatic heterocycles. The highest BCUT2D eigenvalue weighted by molar-refractivity contribution is 7.99. The summed E-state index contributed by atoms with van der Waals surface area (Å²) < 4.78 is 12.3. The smallest absolute Gasteiger partial charge is 0.170 e. The molecule has 0 amide bonds. The predicted molar refractivity (Wildman–Crippen MR) is 125 cm³/mol. The van der Waals surface area contributed by atoms with Gasteiger partial charge < -0.3 is 19.4 Å². The Morgan fingerprint density at radius 2 is 2.03 bits per heavy atom. The van der Waals surface area contributed by atoms with Gasteiger partial charge in [0, 0.05) is 24.2 Å². The van der Waals surface area contributed by atoms with E-state index in [-0.39, 0.29) is 18.2 Å². The highest BCUT2D eigenvalue weighted by Crippen LogP contribution is 2.41. The Kier molecular flexibility index (Phi) is 5.98. The van der Waals surface area contributed by atoms with Crippen LogP contribution in [0.1, 0.15) is 41.9 Å². The van der Waals surface area contributed by atoms with Gasteiger partial charge in [-0.3, -0.25) is 4.98 Å². The molecule has 4 heterocycles. The molecule has 2 aliphatic rings. The van der Waals surface area contributed by atoms with E-state index < -0.39 is 0 Å². The summed E-state index contributed by atoms with van der Waals surface area (Å²) in [5.41, 5.74) is 2.20. The molecule has 7 heteroatoms. The molecule has 0 saturated carbocycles. The summed E-state index contributed by atoms with van der Waals surface area (Å²) in [6.45, 7) is 3.67. The van der Waals surface area contributed by atoms with Crippen LogP contribution in [-0.2, 0) is 4.74 Å². The molecule has 0 unspecified atom stereocenters. The van der Waals surface area contributed by atoms with E-state index in [2.05, 4.69) is 52.5 Å². The van der Waals surface area contributed by atoms with Crippen molar-refractivity contribution in [3.8, 4) is 0 Å². The molecule has 160 valence electrons. The molecule has 3 atom stereocenters. The summed E-state index contributed by atoms with van der Waals surface area (Å²) in [6.07, 6.45) is 4.18. The zero-order valence-corrected chi connectivity index (χ0v) is 19.0. The number of nitrogens with one attached hydrogen (secondary N) is 1. The number of nitrogens with zero attached hydrogens (tertiary/aromatic N) is 2. The zero-order valence-electron chi connectivity index (χ0n) is 17.4. The Labute approximate surface area is 192 Å². The molecular weight excluding hydrogens is 426 g/mol. The normalized spacial score (nSPS) is 23.3. The third kappa shape index (κ3) is 4.49. The highest BCUT2D eigenvalue weighted by Gasteiger charge is 2.42. The van der Waals surface area contributed by atoms with Crippen molar-refractivity contribution < 1.29 is 9.15 Å². The first-order chi connectivity index (χ1) is 15.2. The van der Waals surface area contributed by atoms with Gasteiger partial charge in [0.1, 0.15) is 11.8 Å². The van der Waals surface area contributed by atoms with E-state index >= 15 is 0 Å². The highest BCUT2D eigenvalue weighted by atomic mass is 32.2. The molecule has 0 aliphatic carbocycles. The van der Waals surface area contributed by atoms with Crippen molar-refractivity contribution in [2.45, 2.75) is 47.9 Å². The second-order valence-corrected chi connectivity index (χ2v) is 9.45. The molecule has 0 radical (unpaired) electrons. The molecule has 0 spiro atoms. The SMILES string of the molecule is Cc1ccc(Sc2ccc([C@@H]3[C@H](c4ccccn4)NC(=S)N3C[C@H]3CCCO3)o2)cc1. The van der Waals surface area contributed by atoms with Crippen molar-refractivity contribution >= 4 is 29.1 Å². The van der Waals surface area contributed by atoms with Gasteiger partial charge in [0.05, 0.1) is 17.8 Å². The summed E-state index contributed by atoms with van der Waals surface area (Å²) >= 11 is 7.37. The van der Waals surface area contributed by atoms with Crippen LogP contribution in [0.15, 0.2) is 75.2 Å². The second kappa shape index (κ2) is 9.02. The van der Waals surface area contributed by atoms with Gasteiger partial charge in [-0.2, -0.15) is 0 Å². The zero-order chi connectivity index (χ0) is 21.2. The minimum absolute atomic E-state index is 0.0704. The van der Waals surface area contributed by atoms with E-state index in [1.54, 1.807) is 11.8 Å². The second-order valence-electron chi connectivity index (χ2n) is 7.99. The summed E-state index contributed by atoms with van der Waals surface area (Å²) in [6, 6.07) is 18.4. The summed E-state index contributed by atoms with van der Waals surface area (Å²) in [5.74, 6) is 0.885. The minimum Gasteiger partial charge on any atom is -0.452 e. The lowest BCUT2D eigenvalue weighted by molar-refractivity contribution is 0.0812. The van der Waals surface area contributed by atoms with E-state index in [4.69, 9.17) is 21.4 Å². The van der Waals surface area contributed by atoms with E-state index in [0.29, 0.717) is 0 Å². The van der Waals surface area contributed by atoms with Crippen LogP contribution < -0.4 is 5.32 Å². The predicted octanol–water partition coefficient (Wildman–Crippen LogP) is 5.29. The van der Waals surface area contributed by atoms with Crippen LogP contribution in [-0.4, -0.2) is 34.3 Å². The fourth-order valence-corrected chi connectivity index (χ4v) is 5.28. The van der Waals surface area contributed by atoms with Crippen LogP contribution in [0, 0.1) is 6.92 Å². The molecule has 2 saturated heterocycles. The van der Waals surface area contributed by atoms with Crippen molar-refractivity contribution in [1.82, 2.24) is 15.2 Å². The van der Waals surface area contributed by atoms with Crippen LogP contribution in [0.2, 0.25) is 0 Å². The fourth-order valence-electron chi connectivity index (χ4n) is 4.19. The molecule has 1 aromatic carbocycles. The van der Waals surface area contributed by atoms with Crippen LogP contribution >= 0.6 is 24.0 Å². The molecule has 2 aliphatic heterocycles. The standard InChI is InChI=1S/C24H25N3O2S2/c1-16-7-9-18(10-8-16)31-21-12-11-20(29-21)23-22(19-6-2-3-13-25-19)26-24(30)27(23)15-17-5-4-14-28-17/h2-3,6-13,17,22-23H,4-5,14-15H2,1H3,(H,26,30)/t17-,22+,23-/m1/s1. The first-order valence-corrected chi connectivity index (χ1v) is 11.8. The average Bonchev–Trinajstić information content (AvgIpc) is 3.52. The van der Waals surface area contributed by atoms with Gasteiger partial charge in [-0.05, 0) is 68.4 Å². The largest absolute Gasteiger partial charge is 0.452 e. The van der Waals surface area contributed by atoms with Gasteiger partial charge in [-0.1, -0.05) is 35.5 Å². The molecule has 2 fully saturated rings. The Balaban J connectivity index is 1.43. The first kappa shape index (κ1) is 20.5. The summed E-state index contributed by atoms with van der Waals surface area (Å²) in [4.78, 5) is 7.96. The third-order valence-corrected chi connectivity index (χ3v) is 7.04.